The molecule has 0 amide bonds. The van der Waals surface area contributed by atoms with Crippen LogP contribution in [0.4, 0.5) is 5.69 Å². The summed E-state index contributed by atoms with van der Waals surface area (Å²) < 4.78 is 1.66. The van der Waals surface area contributed by atoms with Crippen LogP contribution in [0.2, 0.25) is 0 Å². The predicted molar refractivity (Wildman–Crippen MR) is 57.4 cm³/mol. The molecule has 0 unspecified atom stereocenters. The molecule has 15 heavy (non-hydrogen) atoms. The number of benzene rings is 1. The van der Waals surface area contributed by atoms with Crippen LogP contribution in [0.15, 0.2) is 30.6 Å². The number of anilines is 1. The molecule has 74 valence electrons. The number of hydrogen-bond donors (Lipinski definition) is 1. The van der Waals surface area contributed by atoms with E-state index in [1.165, 1.54) is 0 Å². The average molecular weight is 198 g/mol. The van der Waals surface area contributed by atoms with E-state index in [9.17, 15) is 0 Å². The van der Waals surface area contributed by atoms with Crippen LogP contribution >= 0.6 is 0 Å². The van der Waals surface area contributed by atoms with Gasteiger partial charge in [0.25, 0.3) is 0 Å². The monoisotopic (exact) mass is 198 g/mol. The zero-order valence-electron chi connectivity index (χ0n) is 8.31. The van der Waals surface area contributed by atoms with E-state index in [1.54, 1.807) is 23.1 Å². The lowest BCUT2D eigenvalue weighted by Gasteiger charge is -2.07. The average Bonchev–Trinajstić information content (AvgIpc) is 2.74. The van der Waals surface area contributed by atoms with Gasteiger partial charge in [-0.2, -0.15) is 10.4 Å². The minimum atomic E-state index is 0.529. The van der Waals surface area contributed by atoms with Crippen LogP contribution in [0.1, 0.15) is 11.1 Å². The molecule has 2 N–H and O–H groups in total. The number of aromatic nitrogens is 2. The van der Waals surface area contributed by atoms with Gasteiger partial charge in [-0.25, -0.2) is 4.68 Å². The number of nitrogens with two attached hydrogens (primary N) is 1. The molecule has 0 aliphatic heterocycles. The molecule has 2 rings (SSSR count). The molecule has 0 aliphatic rings. The lowest BCUT2D eigenvalue weighted by atomic mass is 10.1. The van der Waals surface area contributed by atoms with Gasteiger partial charge in [-0.05, 0) is 30.7 Å². The lowest BCUT2D eigenvalue weighted by molar-refractivity contribution is 0.876. The first kappa shape index (κ1) is 9.28. The highest BCUT2D eigenvalue weighted by molar-refractivity contribution is 5.60. The molecule has 1 aromatic heterocycles. The second-order valence-electron chi connectivity index (χ2n) is 3.29. The second kappa shape index (κ2) is 3.46. The molecule has 0 saturated carbocycles. The first-order valence-corrected chi connectivity index (χ1v) is 4.52. The molecule has 0 spiro atoms. The minimum Gasteiger partial charge on any atom is -0.398 e. The normalized spacial score (nSPS) is 9.87. The third-order valence-electron chi connectivity index (χ3n) is 2.26. The van der Waals surface area contributed by atoms with Crippen molar-refractivity contribution in [2.75, 3.05) is 5.73 Å². The highest BCUT2D eigenvalue weighted by Crippen LogP contribution is 2.20. The van der Waals surface area contributed by atoms with Crippen LogP contribution in [0.3, 0.4) is 0 Å². The molecular weight excluding hydrogens is 188 g/mol. The molecule has 0 saturated heterocycles. The molecule has 0 fully saturated rings. The summed E-state index contributed by atoms with van der Waals surface area (Å²) in [5.41, 5.74) is 8.60. The van der Waals surface area contributed by atoms with Crippen molar-refractivity contribution in [2.45, 2.75) is 6.92 Å². The number of hydrogen-bond acceptors (Lipinski definition) is 3. The second-order valence-corrected chi connectivity index (χ2v) is 3.29. The largest absolute Gasteiger partial charge is 0.398 e. The molecule has 0 radical (unpaired) electrons. The summed E-state index contributed by atoms with van der Waals surface area (Å²) in [6, 6.07) is 7.46. The predicted octanol–water partition coefficient (Wildman–Crippen LogP) is 1.63. The van der Waals surface area contributed by atoms with Crippen molar-refractivity contribution < 1.29 is 0 Å². The van der Waals surface area contributed by atoms with Crippen molar-refractivity contribution in [1.82, 2.24) is 9.78 Å². The Kier molecular flexibility index (Phi) is 2.14. The van der Waals surface area contributed by atoms with E-state index in [0.29, 0.717) is 11.3 Å². The summed E-state index contributed by atoms with van der Waals surface area (Å²) >= 11 is 0. The Balaban J connectivity index is 2.67. The number of aryl methyl sites for hydroxylation is 1. The molecule has 0 bridgehead atoms. The maximum atomic E-state index is 8.99. The Morgan fingerprint density at radius 2 is 2.27 bits per heavy atom. The van der Waals surface area contributed by atoms with E-state index in [2.05, 4.69) is 11.2 Å². The summed E-state index contributed by atoms with van der Waals surface area (Å²) in [6.45, 7) is 1.91. The SMILES string of the molecule is Cc1cc(-n2cccn2)c(C#N)cc1N. The molecule has 0 atom stereocenters. The molecule has 4 heteroatoms. The quantitative estimate of drug-likeness (QED) is 0.708. The summed E-state index contributed by atoms with van der Waals surface area (Å²) in [7, 11) is 0. The molecule has 4 nitrogen and oxygen atoms in total. The standard InChI is InChI=1S/C11H10N4/c1-8-5-11(15-4-2-3-14-15)9(7-12)6-10(8)13/h2-6H,13H2,1H3. The molecule has 2 aromatic rings. The van der Waals surface area contributed by atoms with Gasteiger partial charge in [-0.3, -0.25) is 0 Å². The zero-order valence-corrected chi connectivity index (χ0v) is 8.31. The molecule has 0 aliphatic carbocycles. The van der Waals surface area contributed by atoms with Crippen molar-refractivity contribution in [3.63, 3.8) is 0 Å². The Morgan fingerprint density at radius 3 is 2.87 bits per heavy atom. The van der Waals surface area contributed by atoms with E-state index < -0.39 is 0 Å². The first-order chi connectivity index (χ1) is 7.22. The maximum absolute atomic E-state index is 8.99. The van der Waals surface area contributed by atoms with Crippen LogP contribution < -0.4 is 5.73 Å². The minimum absolute atomic E-state index is 0.529. The fraction of sp³-hybridized carbons (Fsp3) is 0.0909. The number of nitriles is 1. The summed E-state index contributed by atoms with van der Waals surface area (Å²) in [4.78, 5) is 0. The van der Waals surface area contributed by atoms with Crippen LogP contribution in [0, 0.1) is 18.3 Å². The Morgan fingerprint density at radius 1 is 1.47 bits per heavy atom. The van der Waals surface area contributed by atoms with E-state index in [4.69, 9.17) is 11.0 Å². The third-order valence-corrected chi connectivity index (χ3v) is 2.26. The number of nitrogens with zero attached hydrogens (tertiary/aromatic N) is 3. The fourth-order valence-corrected chi connectivity index (χ4v) is 1.40. The molecule has 1 aromatic carbocycles. The summed E-state index contributed by atoms with van der Waals surface area (Å²) in [5, 5.41) is 13.1. The molecular formula is C11H10N4. The van der Waals surface area contributed by atoms with Gasteiger partial charge in [-0.15, -0.1) is 0 Å². The van der Waals surface area contributed by atoms with Gasteiger partial charge in [0.1, 0.15) is 6.07 Å². The van der Waals surface area contributed by atoms with Crippen molar-refractivity contribution in [1.29, 1.82) is 5.26 Å². The smallest absolute Gasteiger partial charge is 0.101 e. The van der Waals surface area contributed by atoms with Crippen LogP contribution in [0.25, 0.3) is 5.69 Å². The van der Waals surface area contributed by atoms with Gasteiger partial charge < -0.3 is 5.73 Å². The lowest BCUT2D eigenvalue weighted by Crippen LogP contribution is -2.01. The van der Waals surface area contributed by atoms with Gasteiger partial charge in [0.15, 0.2) is 0 Å². The Hall–Kier alpha value is -2.28. The fourth-order valence-electron chi connectivity index (χ4n) is 1.40. The Labute approximate surface area is 87.6 Å². The van der Waals surface area contributed by atoms with Crippen molar-refractivity contribution in [3.8, 4) is 11.8 Å². The summed E-state index contributed by atoms with van der Waals surface area (Å²) in [6.07, 6.45) is 3.47. The van der Waals surface area contributed by atoms with E-state index in [-0.39, 0.29) is 0 Å². The summed E-state index contributed by atoms with van der Waals surface area (Å²) in [5.74, 6) is 0. The van der Waals surface area contributed by atoms with Crippen molar-refractivity contribution in [3.05, 3.63) is 41.7 Å². The number of nitrogen functional groups attached to an aromatic ring is 1. The van der Waals surface area contributed by atoms with Gasteiger partial charge in [-0.1, -0.05) is 0 Å². The van der Waals surface area contributed by atoms with Crippen LogP contribution in [-0.2, 0) is 0 Å². The van der Waals surface area contributed by atoms with E-state index in [0.717, 1.165) is 11.3 Å². The Bertz CT molecular complexity index is 520. The number of rotatable bonds is 1. The van der Waals surface area contributed by atoms with Gasteiger partial charge in [0.05, 0.1) is 11.3 Å². The first-order valence-electron chi connectivity index (χ1n) is 4.52. The van der Waals surface area contributed by atoms with Crippen LogP contribution in [-0.4, -0.2) is 9.78 Å². The highest BCUT2D eigenvalue weighted by atomic mass is 15.3. The maximum Gasteiger partial charge on any atom is 0.101 e. The van der Waals surface area contributed by atoms with E-state index >= 15 is 0 Å². The van der Waals surface area contributed by atoms with Crippen molar-refractivity contribution >= 4 is 5.69 Å². The van der Waals surface area contributed by atoms with Gasteiger partial charge >= 0.3 is 0 Å². The molecule has 1 heterocycles. The third kappa shape index (κ3) is 1.55. The van der Waals surface area contributed by atoms with E-state index in [1.807, 2.05) is 19.1 Å². The van der Waals surface area contributed by atoms with Crippen LogP contribution in [0.5, 0.6) is 0 Å². The van der Waals surface area contributed by atoms with Gasteiger partial charge in [0, 0.05) is 18.1 Å². The van der Waals surface area contributed by atoms with Crippen molar-refractivity contribution in [2.24, 2.45) is 0 Å². The van der Waals surface area contributed by atoms with Gasteiger partial charge in [0.2, 0.25) is 0 Å². The highest BCUT2D eigenvalue weighted by Gasteiger charge is 2.07. The zero-order chi connectivity index (χ0) is 10.8. The topological polar surface area (TPSA) is 67.6 Å².